The summed E-state index contributed by atoms with van der Waals surface area (Å²) in [6.45, 7) is 13.0. The van der Waals surface area contributed by atoms with Gasteiger partial charge in [-0.15, -0.1) is 0 Å². The standard InChI is InChI=1S/C19H31N3O2/c1-5-21(6-2)14-17-9-7-8-10-18(17)20-11-19(23)22-12-15(3)24-16(4)13-22/h7-10,15-16,20H,5-6,11-14H2,1-4H3. The van der Waals surface area contributed by atoms with E-state index < -0.39 is 0 Å². The van der Waals surface area contributed by atoms with Gasteiger partial charge >= 0.3 is 0 Å². The first-order valence-electron chi connectivity index (χ1n) is 9.00. The summed E-state index contributed by atoms with van der Waals surface area (Å²) in [7, 11) is 0. The summed E-state index contributed by atoms with van der Waals surface area (Å²) in [5.41, 5.74) is 2.28. The van der Waals surface area contributed by atoms with Crippen LogP contribution in [0.25, 0.3) is 0 Å². The SMILES string of the molecule is CCN(CC)Cc1ccccc1NCC(=O)N1CC(C)OC(C)C1. The van der Waals surface area contributed by atoms with Gasteiger partial charge in [0.2, 0.25) is 5.91 Å². The largest absolute Gasteiger partial charge is 0.376 e. The lowest BCUT2D eigenvalue weighted by molar-refractivity contribution is -0.141. The quantitative estimate of drug-likeness (QED) is 0.833. The molecule has 1 aromatic rings. The van der Waals surface area contributed by atoms with Gasteiger partial charge < -0.3 is 15.0 Å². The number of para-hydroxylation sites is 1. The van der Waals surface area contributed by atoms with E-state index in [1.807, 2.05) is 24.8 Å². The Hall–Kier alpha value is -1.59. The van der Waals surface area contributed by atoms with E-state index in [0.717, 1.165) is 25.3 Å². The number of benzene rings is 1. The number of ether oxygens (including phenoxy) is 1. The van der Waals surface area contributed by atoms with E-state index in [2.05, 4.69) is 42.3 Å². The Morgan fingerprint density at radius 3 is 2.46 bits per heavy atom. The second kappa shape index (κ2) is 9.04. The highest BCUT2D eigenvalue weighted by Gasteiger charge is 2.25. The first-order chi connectivity index (χ1) is 11.5. The van der Waals surface area contributed by atoms with E-state index in [-0.39, 0.29) is 18.1 Å². The fourth-order valence-electron chi connectivity index (χ4n) is 3.18. The molecule has 1 aliphatic rings. The molecule has 24 heavy (non-hydrogen) atoms. The van der Waals surface area contributed by atoms with Crippen LogP contribution >= 0.6 is 0 Å². The average molecular weight is 333 g/mol. The minimum Gasteiger partial charge on any atom is -0.376 e. The number of rotatable bonds is 7. The molecule has 1 saturated heterocycles. The van der Waals surface area contributed by atoms with Gasteiger partial charge in [0.05, 0.1) is 18.8 Å². The Morgan fingerprint density at radius 2 is 1.83 bits per heavy atom. The second-order valence-corrected chi connectivity index (χ2v) is 6.53. The zero-order valence-electron chi connectivity index (χ0n) is 15.4. The zero-order chi connectivity index (χ0) is 17.5. The number of amides is 1. The molecule has 5 heteroatoms. The van der Waals surface area contributed by atoms with Crippen LogP contribution < -0.4 is 5.32 Å². The van der Waals surface area contributed by atoms with E-state index >= 15 is 0 Å². The minimum atomic E-state index is 0.104. The maximum atomic E-state index is 12.5. The van der Waals surface area contributed by atoms with Gasteiger partial charge in [-0.2, -0.15) is 0 Å². The van der Waals surface area contributed by atoms with Crippen LogP contribution in [0.5, 0.6) is 0 Å². The predicted molar refractivity (Wildman–Crippen MR) is 98.1 cm³/mol. The van der Waals surface area contributed by atoms with Crippen molar-refractivity contribution in [1.29, 1.82) is 0 Å². The molecule has 0 bridgehead atoms. The molecule has 5 nitrogen and oxygen atoms in total. The molecule has 134 valence electrons. The molecule has 2 unspecified atom stereocenters. The van der Waals surface area contributed by atoms with Gasteiger partial charge in [0.15, 0.2) is 0 Å². The Bertz CT molecular complexity index is 521. The molecule has 1 heterocycles. The molecule has 1 aliphatic heterocycles. The lowest BCUT2D eigenvalue weighted by Gasteiger charge is -2.35. The fourth-order valence-corrected chi connectivity index (χ4v) is 3.18. The Morgan fingerprint density at radius 1 is 1.21 bits per heavy atom. The van der Waals surface area contributed by atoms with Gasteiger partial charge in [-0.05, 0) is 38.6 Å². The monoisotopic (exact) mass is 333 g/mol. The smallest absolute Gasteiger partial charge is 0.242 e. The summed E-state index contributed by atoms with van der Waals surface area (Å²) in [4.78, 5) is 16.8. The predicted octanol–water partition coefficient (Wildman–Crippen LogP) is 2.58. The summed E-state index contributed by atoms with van der Waals surface area (Å²) in [6.07, 6.45) is 0.209. The van der Waals surface area contributed by atoms with Crippen LogP contribution in [0.1, 0.15) is 33.3 Å². The number of carbonyl (C=O) groups is 1. The van der Waals surface area contributed by atoms with E-state index in [0.29, 0.717) is 19.6 Å². The molecule has 1 aromatic carbocycles. The third-order valence-electron chi connectivity index (χ3n) is 4.51. The van der Waals surface area contributed by atoms with Crippen molar-refractivity contribution < 1.29 is 9.53 Å². The fraction of sp³-hybridized carbons (Fsp3) is 0.632. The molecule has 0 aromatic heterocycles. The van der Waals surface area contributed by atoms with Gasteiger partial charge in [-0.25, -0.2) is 0 Å². The van der Waals surface area contributed by atoms with Crippen LogP contribution in [-0.2, 0) is 16.1 Å². The zero-order valence-corrected chi connectivity index (χ0v) is 15.4. The highest BCUT2D eigenvalue weighted by atomic mass is 16.5. The molecule has 0 saturated carbocycles. The Balaban J connectivity index is 1.95. The van der Waals surface area contributed by atoms with Crippen LogP contribution in [0.15, 0.2) is 24.3 Å². The normalized spacial score (nSPS) is 21.1. The molecule has 0 spiro atoms. The van der Waals surface area contributed by atoms with Crippen molar-refractivity contribution in [3.8, 4) is 0 Å². The summed E-state index contributed by atoms with van der Waals surface area (Å²) in [5.74, 6) is 0.134. The second-order valence-electron chi connectivity index (χ2n) is 6.53. The number of nitrogens with one attached hydrogen (secondary N) is 1. The van der Waals surface area contributed by atoms with E-state index in [9.17, 15) is 4.79 Å². The third kappa shape index (κ3) is 5.21. The summed E-state index contributed by atoms with van der Waals surface area (Å²) in [5, 5.41) is 3.33. The maximum absolute atomic E-state index is 12.5. The van der Waals surface area contributed by atoms with Crippen LogP contribution in [0.4, 0.5) is 5.69 Å². The van der Waals surface area contributed by atoms with Gasteiger partial charge in [-0.3, -0.25) is 9.69 Å². The van der Waals surface area contributed by atoms with Crippen molar-refractivity contribution in [3.63, 3.8) is 0 Å². The van der Waals surface area contributed by atoms with E-state index in [1.54, 1.807) is 0 Å². The third-order valence-corrected chi connectivity index (χ3v) is 4.51. The molecule has 2 rings (SSSR count). The maximum Gasteiger partial charge on any atom is 0.242 e. The Kier molecular flexibility index (Phi) is 7.06. The highest BCUT2D eigenvalue weighted by Crippen LogP contribution is 2.17. The molecule has 2 atom stereocenters. The molecule has 1 N–H and O–H groups in total. The van der Waals surface area contributed by atoms with Crippen LogP contribution in [0.3, 0.4) is 0 Å². The number of carbonyl (C=O) groups excluding carboxylic acids is 1. The molecular formula is C19H31N3O2. The number of anilines is 1. The summed E-state index contributed by atoms with van der Waals surface area (Å²) in [6, 6.07) is 8.25. The number of nitrogens with zero attached hydrogens (tertiary/aromatic N) is 2. The van der Waals surface area contributed by atoms with Crippen molar-refractivity contribution in [2.24, 2.45) is 0 Å². The topological polar surface area (TPSA) is 44.8 Å². The number of hydrogen-bond donors (Lipinski definition) is 1. The highest BCUT2D eigenvalue weighted by molar-refractivity contribution is 5.81. The molecular weight excluding hydrogens is 302 g/mol. The van der Waals surface area contributed by atoms with Crippen molar-refractivity contribution in [2.45, 2.75) is 46.4 Å². The molecule has 1 amide bonds. The van der Waals surface area contributed by atoms with Gasteiger partial charge in [0, 0.05) is 25.3 Å². The van der Waals surface area contributed by atoms with Gasteiger partial charge in [0.1, 0.15) is 0 Å². The van der Waals surface area contributed by atoms with Crippen molar-refractivity contribution >= 4 is 11.6 Å². The number of hydrogen-bond acceptors (Lipinski definition) is 4. The van der Waals surface area contributed by atoms with Crippen LogP contribution in [0, 0.1) is 0 Å². The van der Waals surface area contributed by atoms with E-state index in [4.69, 9.17) is 4.74 Å². The van der Waals surface area contributed by atoms with Crippen molar-refractivity contribution in [3.05, 3.63) is 29.8 Å². The van der Waals surface area contributed by atoms with Crippen LogP contribution in [-0.4, -0.2) is 60.6 Å². The van der Waals surface area contributed by atoms with E-state index in [1.165, 1.54) is 5.56 Å². The molecule has 0 radical (unpaired) electrons. The molecule has 0 aliphatic carbocycles. The van der Waals surface area contributed by atoms with Crippen LogP contribution in [0.2, 0.25) is 0 Å². The lowest BCUT2D eigenvalue weighted by atomic mass is 10.1. The van der Waals surface area contributed by atoms with Gasteiger partial charge in [-0.1, -0.05) is 32.0 Å². The molecule has 1 fully saturated rings. The minimum absolute atomic E-state index is 0.104. The number of morpholine rings is 1. The summed E-state index contributed by atoms with van der Waals surface area (Å²) >= 11 is 0. The van der Waals surface area contributed by atoms with Gasteiger partial charge in [0.25, 0.3) is 0 Å². The summed E-state index contributed by atoms with van der Waals surface area (Å²) < 4.78 is 5.70. The average Bonchev–Trinajstić information content (AvgIpc) is 2.57. The first-order valence-corrected chi connectivity index (χ1v) is 9.00. The van der Waals surface area contributed by atoms with Crippen molar-refractivity contribution in [1.82, 2.24) is 9.80 Å². The Labute approximate surface area is 146 Å². The lowest BCUT2D eigenvalue weighted by Crippen LogP contribution is -2.49. The van der Waals surface area contributed by atoms with Crippen molar-refractivity contribution in [2.75, 3.05) is 38.0 Å². The first kappa shape index (κ1) is 18.7.